The summed E-state index contributed by atoms with van der Waals surface area (Å²) in [7, 11) is 1.87. The number of carboxylic acids is 1. The highest BCUT2D eigenvalue weighted by molar-refractivity contribution is 5.94. The van der Waals surface area contributed by atoms with Crippen molar-refractivity contribution in [1.29, 1.82) is 5.26 Å². The van der Waals surface area contributed by atoms with Crippen molar-refractivity contribution in [3.8, 4) is 6.07 Å². The van der Waals surface area contributed by atoms with Crippen LogP contribution in [0.25, 0.3) is 0 Å². The monoisotopic (exact) mass is 429 g/mol. The number of halogens is 1. The Morgan fingerprint density at radius 2 is 1.83 bits per heavy atom. The van der Waals surface area contributed by atoms with Gasteiger partial charge in [0, 0.05) is 7.05 Å². The van der Waals surface area contributed by atoms with E-state index in [0.717, 1.165) is 25.1 Å². The van der Waals surface area contributed by atoms with E-state index >= 15 is 0 Å². The molecule has 6 nitrogen and oxygen atoms in total. The van der Waals surface area contributed by atoms with E-state index in [-0.39, 0.29) is 24.0 Å². The van der Waals surface area contributed by atoms with Gasteiger partial charge in [-0.1, -0.05) is 24.3 Å². The van der Waals surface area contributed by atoms with Crippen LogP contribution in [0.3, 0.4) is 0 Å². The first-order valence-corrected chi connectivity index (χ1v) is 9.92. The summed E-state index contributed by atoms with van der Waals surface area (Å²) < 4.78 is 0. The van der Waals surface area contributed by atoms with Gasteiger partial charge in [-0.05, 0) is 68.6 Å². The molecular formula is C23H28ClN3O3. The van der Waals surface area contributed by atoms with Gasteiger partial charge in [0.15, 0.2) is 0 Å². The standard InChI is InChI=1S/C23H27N3O3.ClH/c1-26(20-5-3-2-4-19(20)22(27)28)21(23(29)12-14-25-15-13-23)11-10-17-6-8-18(16-24)9-7-17;/h2-9,21,25,29H,10-15H2,1H3,(H,27,28);1H. The third kappa shape index (κ3) is 5.31. The quantitative estimate of drug-likeness (QED) is 0.625. The van der Waals surface area contributed by atoms with Crippen molar-refractivity contribution in [3.63, 3.8) is 0 Å². The Bertz CT molecular complexity index is 889. The molecule has 1 aliphatic rings. The fourth-order valence-corrected chi connectivity index (χ4v) is 4.19. The highest BCUT2D eigenvalue weighted by Crippen LogP contribution is 2.33. The Balaban J connectivity index is 0.00000320. The van der Waals surface area contributed by atoms with E-state index in [1.807, 2.05) is 30.1 Å². The van der Waals surface area contributed by atoms with Crippen LogP contribution in [0.15, 0.2) is 48.5 Å². The molecule has 1 saturated heterocycles. The molecule has 0 amide bonds. The molecule has 1 heterocycles. The van der Waals surface area contributed by atoms with Crippen molar-refractivity contribution in [2.24, 2.45) is 0 Å². The predicted molar refractivity (Wildman–Crippen MR) is 119 cm³/mol. The van der Waals surface area contributed by atoms with E-state index in [1.54, 1.807) is 30.3 Å². The summed E-state index contributed by atoms with van der Waals surface area (Å²) in [5.74, 6) is -0.976. The Hall–Kier alpha value is -2.59. The number of para-hydroxylation sites is 1. The fraction of sp³-hybridized carbons (Fsp3) is 0.391. The minimum atomic E-state index is -0.976. The third-order valence-corrected chi connectivity index (χ3v) is 5.86. The molecule has 0 bridgehead atoms. The number of benzene rings is 2. The van der Waals surface area contributed by atoms with Crippen LogP contribution < -0.4 is 10.2 Å². The Labute approximate surface area is 183 Å². The van der Waals surface area contributed by atoms with Crippen molar-refractivity contribution >= 4 is 24.1 Å². The van der Waals surface area contributed by atoms with Gasteiger partial charge in [0.1, 0.15) is 0 Å². The molecule has 0 radical (unpaired) electrons. The average Bonchev–Trinajstić information content (AvgIpc) is 2.74. The maximum absolute atomic E-state index is 11.7. The predicted octanol–water partition coefficient (Wildman–Crippen LogP) is 3.23. The van der Waals surface area contributed by atoms with Crippen LogP contribution >= 0.6 is 12.4 Å². The average molecular weight is 430 g/mol. The number of hydrogen-bond donors (Lipinski definition) is 3. The highest BCUT2D eigenvalue weighted by Gasteiger charge is 2.40. The highest BCUT2D eigenvalue weighted by atomic mass is 35.5. The zero-order chi connectivity index (χ0) is 20.9. The number of nitriles is 1. The molecule has 2 aromatic carbocycles. The number of anilines is 1. The first-order valence-electron chi connectivity index (χ1n) is 9.92. The largest absolute Gasteiger partial charge is 0.478 e. The number of carboxylic acid groups (broad SMARTS) is 1. The molecular weight excluding hydrogens is 402 g/mol. The molecule has 1 atom stereocenters. The lowest BCUT2D eigenvalue weighted by molar-refractivity contribution is -0.0167. The lowest BCUT2D eigenvalue weighted by Gasteiger charge is -2.45. The molecule has 0 spiro atoms. The summed E-state index contributed by atoms with van der Waals surface area (Å²) in [4.78, 5) is 13.6. The number of carbonyl (C=O) groups is 1. The van der Waals surface area contributed by atoms with Crippen molar-refractivity contribution < 1.29 is 15.0 Å². The topological polar surface area (TPSA) is 96.6 Å². The zero-order valence-electron chi connectivity index (χ0n) is 17.0. The first-order chi connectivity index (χ1) is 13.9. The number of hydrogen-bond acceptors (Lipinski definition) is 5. The van der Waals surface area contributed by atoms with Gasteiger partial charge in [-0.15, -0.1) is 12.4 Å². The first kappa shape index (κ1) is 23.7. The lowest BCUT2D eigenvalue weighted by Crippen LogP contribution is -2.56. The number of aliphatic hydroxyl groups is 1. The number of aromatic carboxylic acids is 1. The molecule has 1 fully saturated rings. The van der Waals surface area contributed by atoms with Crippen molar-refractivity contribution in [1.82, 2.24) is 5.32 Å². The molecule has 160 valence electrons. The minimum absolute atomic E-state index is 0. The van der Waals surface area contributed by atoms with Crippen molar-refractivity contribution in [2.45, 2.75) is 37.3 Å². The summed E-state index contributed by atoms with van der Waals surface area (Å²) in [5, 5.41) is 33.3. The van der Waals surface area contributed by atoms with Gasteiger partial charge in [-0.2, -0.15) is 5.26 Å². The van der Waals surface area contributed by atoms with Crippen LogP contribution in [0.2, 0.25) is 0 Å². The van der Waals surface area contributed by atoms with E-state index in [9.17, 15) is 15.0 Å². The molecule has 0 aliphatic carbocycles. The number of piperidine rings is 1. The Morgan fingerprint density at radius 3 is 2.43 bits per heavy atom. The van der Waals surface area contributed by atoms with Gasteiger partial charge in [-0.25, -0.2) is 4.79 Å². The third-order valence-electron chi connectivity index (χ3n) is 5.86. The second-order valence-corrected chi connectivity index (χ2v) is 7.65. The minimum Gasteiger partial charge on any atom is -0.478 e. The SMILES string of the molecule is CN(c1ccccc1C(=O)O)C(CCc1ccc(C#N)cc1)C1(O)CCNCC1.Cl. The zero-order valence-corrected chi connectivity index (χ0v) is 17.9. The molecule has 3 rings (SSSR count). The number of nitrogens with zero attached hydrogens (tertiary/aromatic N) is 2. The molecule has 1 unspecified atom stereocenters. The van der Waals surface area contributed by atoms with E-state index in [2.05, 4.69) is 11.4 Å². The molecule has 3 N–H and O–H groups in total. The molecule has 0 saturated carbocycles. The van der Waals surface area contributed by atoms with Gasteiger partial charge in [0.05, 0.1) is 34.5 Å². The van der Waals surface area contributed by atoms with E-state index in [0.29, 0.717) is 30.5 Å². The lowest BCUT2D eigenvalue weighted by atomic mass is 9.81. The fourth-order valence-electron chi connectivity index (χ4n) is 4.19. The summed E-state index contributed by atoms with van der Waals surface area (Å²) in [5.41, 5.74) is 1.65. The van der Waals surface area contributed by atoms with Crippen molar-refractivity contribution in [3.05, 3.63) is 65.2 Å². The summed E-state index contributed by atoms with van der Waals surface area (Å²) in [6.07, 6.45) is 2.63. The Morgan fingerprint density at radius 1 is 1.20 bits per heavy atom. The molecule has 7 heteroatoms. The van der Waals surface area contributed by atoms with Gasteiger partial charge >= 0.3 is 5.97 Å². The van der Waals surface area contributed by atoms with Crippen LogP contribution in [0, 0.1) is 11.3 Å². The molecule has 2 aromatic rings. The Kier molecular flexibility index (Phi) is 8.24. The summed E-state index contributed by atoms with van der Waals surface area (Å²) in [6, 6.07) is 16.3. The molecule has 0 aromatic heterocycles. The maximum atomic E-state index is 11.7. The number of likely N-dealkylation sites (N-methyl/N-ethyl adjacent to an activating group) is 1. The van der Waals surface area contributed by atoms with Crippen molar-refractivity contribution in [2.75, 3.05) is 25.0 Å². The maximum Gasteiger partial charge on any atom is 0.337 e. The normalized spacial score (nSPS) is 16.0. The van der Waals surface area contributed by atoms with Crippen LogP contribution in [0.1, 0.15) is 40.7 Å². The van der Waals surface area contributed by atoms with Gasteiger partial charge < -0.3 is 20.4 Å². The van der Waals surface area contributed by atoms with E-state index in [4.69, 9.17) is 5.26 Å². The van der Waals surface area contributed by atoms with E-state index in [1.165, 1.54) is 0 Å². The van der Waals surface area contributed by atoms with Gasteiger partial charge in [0.25, 0.3) is 0 Å². The van der Waals surface area contributed by atoms with E-state index < -0.39 is 11.6 Å². The van der Waals surface area contributed by atoms with Crippen LogP contribution in [0.4, 0.5) is 5.69 Å². The second kappa shape index (κ2) is 10.4. The smallest absolute Gasteiger partial charge is 0.337 e. The van der Waals surface area contributed by atoms with Crippen LogP contribution in [-0.2, 0) is 6.42 Å². The second-order valence-electron chi connectivity index (χ2n) is 7.65. The number of rotatable bonds is 7. The van der Waals surface area contributed by atoms with Crippen LogP contribution in [0.5, 0.6) is 0 Å². The summed E-state index contributed by atoms with van der Waals surface area (Å²) >= 11 is 0. The number of aryl methyl sites for hydroxylation is 1. The van der Waals surface area contributed by atoms with Gasteiger partial charge in [-0.3, -0.25) is 0 Å². The molecule has 30 heavy (non-hydrogen) atoms. The summed E-state index contributed by atoms with van der Waals surface area (Å²) in [6.45, 7) is 1.47. The van der Waals surface area contributed by atoms with Crippen LogP contribution in [-0.4, -0.2) is 48.0 Å². The molecule has 1 aliphatic heterocycles. The number of nitrogens with one attached hydrogen (secondary N) is 1. The van der Waals surface area contributed by atoms with Gasteiger partial charge in [0.2, 0.25) is 0 Å².